The molecule has 24 heavy (non-hydrogen) atoms. The van der Waals surface area contributed by atoms with Gasteiger partial charge in [0.15, 0.2) is 0 Å². The van der Waals surface area contributed by atoms with E-state index in [1.165, 1.54) is 24.2 Å². The lowest BCUT2D eigenvalue weighted by atomic mass is 10.1. The summed E-state index contributed by atoms with van der Waals surface area (Å²) in [6.07, 6.45) is 5.51. The van der Waals surface area contributed by atoms with Gasteiger partial charge < -0.3 is 10.2 Å². The molecular formula is C18H22N4O2. The van der Waals surface area contributed by atoms with E-state index in [9.17, 15) is 9.59 Å². The maximum atomic E-state index is 12.3. The quantitative estimate of drug-likeness (QED) is 0.801. The Hall–Kier alpha value is -2.76. The number of aromatic nitrogens is 2. The number of hydrogen-bond acceptors (Lipinski definition) is 4. The zero-order chi connectivity index (χ0) is 17.2. The van der Waals surface area contributed by atoms with E-state index in [4.69, 9.17) is 0 Å². The topological polar surface area (TPSA) is 75.2 Å². The highest BCUT2D eigenvalue weighted by atomic mass is 16.2. The van der Waals surface area contributed by atoms with Crippen molar-refractivity contribution < 1.29 is 9.59 Å². The highest BCUT2D eigenvalue weighted by molar-refractivity contribution is 5.92. The third-order valence-electron chi connectivity index (χ3n) is 3.64. The van der Waals surface area contributed by atoms with Gasteiger partial charge in [-0.3, -0.25) is 14.6 Å². The molecule has 1 aromatic carbocycles. The summed E-state index contributed by atoms with van der Waals surface area (Å²) in [5.74, 6) is -0.265. The van der Waals surface area contributed by atoms with Crippen LogP contribution in [0.3, 0.4) is 0 Å². The second-order valence-corrected chi connectivity index (χ2v) is 5.31. The van der Waals surface area contributed by atoms with Gasteiger partial charge in [-0.15, -0.1) is 0 Å². The lowest BCUT2D eigenvalue weighted by Crippen LogP contribution is -2.36. The molecule has 6 nitrogen and oxygen atoms in total. The standard InChI is InChI=1S/C18H22N4O2/c1-2-22(18(24)16-14-19-11-12-20-16)13-9-17(23)21-10-8-15-6-4-3-5-7-15/h3-7,11-12,14H,2,8-10,13H2,1H3,(H,21,23). The van der Waals surface area contributed by atoms with Crippen molar-refractivity contribution in [2.75, 3.05) is 19.6 Å². The minimum atomic E-state index is -0.206. The van der Waals surface area contributed by atoms with Gasteiger partial charge in [0.25, 0.3) is 5.91 Å². The average molecular weight is 326 g/mol. The summed E-state index contributed by atoms with van der Waals surface area (Å²) in [6.45, 7) is 3.35. The molecule has 0 saturated heterocycles. The summed E-state index contributed by atoms with van der Waals surface area (Å²) in [7, 11) is 0. The number of nitrogens with one attached hydrogen (secondary N) is 1. The Morgan fingerprint density at radius 1 is 1.17 bits per heavy atom. The van der Waals surface area contributed by atoms with Crippen LogP contribution in [0.4, 0.5) is 0 Å². The number of hydrogen-bond donors (Lipinski definition) is 1. The van der Waals surface area contributed by atoms with Crippen molar-refractivity contribution in [2.24, 2.45) is 0 Å². The average Bonchev–Trinajstić information content (AvgIpc) is 2.63. The van der Waals surface area contributed by atoms with Crippen LogP contribution in [0.25, 0.3) is 0 Å². The molecular weight excluding hydrogens is 304 g/mol. The molecule has 2 aromatic rings. The van der Waals surface area contributed by atoms with E-state index in [-0.39, 0.29) is 18.2 Å². The first-order valence-electron chi connectivity index (χ1n) is 8.06. The molecule has 6 heteroatoms. The van der Waals surface area contributed by atoms with Gasteiger partial charge in [0, 0.05) is 38.4 Å². The molecule has 0 aliphatic carbocycles. The largest absolute Gasteiger partial charge is 0.356 e. The number of amides is 2. The van der Waals surface area contributed by atoms with Crippen LogP contribution >= 0.6 is 0 Å². The second kappa shape index (κ2) is 9.39. The Balaban J connectivity index is 1.74. The van der Waals surface area contributed by atoms with Crippen molar-refractivity contribution >= 4 is 11.8 Å². The van der Waals surface area contributed by atoms with Gasteiger partial charge in [0.2, 0.25) is 5.91 Å². The smallest absolute Gasteiger partial charge is 0.274 e. The van der Waals surface area contributed by atoms with Crippen LogP contribution in [-0.4, -0.2) is 46.3 Å². The second-order valence-electron chi connectivity index (χ2n) is 5.31. The van der Waals surface area contributed by atoms with Crippen molar-refractivity contribution in [2.45, 2.75) is 19.8 Å². The maximum absolute atomic E-state index is 12.3. The van der Waals surface area contributed by atoms with E-state index in [0.29, 0.717) is 25.3 Å². The van der Waals surface area contributed by atoms with Gasteiger partial charge in [0.1, 0.15) is 5.69 Å². The van der Waals surface area contributed by atoms with Crippen LogP contribution in [0.15, 0.2) is 48.9 Å². The van der Waals surface area contributed by atoms with E-state index >= 15 is 0 Å². The highest BCUT2D eigenvalue weighted by Crippen LogP contribution is 2.02. The van der Waals surface area contributed by atoms with Gasteiger partial charge in [-0.05, 0) is 18.9 Å². The van der Waals surface area contributed by atoms with Crippen molar-refractivity contribution in [3.63, 3.8) is 0 Å². The van der Waals surface area contributed by atoms with Gasteiger partial charge >= 0.3 is 0 Å². The Labute approximate surface area is 141 Å². The molecule has 0 radical (unpaired) electrons. The molecule has 0 aliphatic heterocycles. The van der Waals surface area contributed by atoms with Crippen LogP contribution in [0, 0.1) is 0 Å². The molecule has 1 heterocycles. The molecule has 0 bridgehead atoms. The number of benzene rings is 1. The van der Waals surface area contributed by atoms with Gasteiger partial charge in [0.05, 0.1) is 6.20 Å². The Kier molecular flexibility index (Phi) is 6.89. The predicted molar refractivity (Wildman–Crippen MR) is 91.4 cm³/mol. The Morgan fingerprint density at radius 3 is 2.62 bits per heavy atom. The number of rotatable bonds is 8. The van der Waals surface area contributed by atoms with Gasteiger partial charge in [-0.2, -0.15) is 0 Å². The third-order valence-corrected chi connectivity index (χ3v) is 3.64. The summed E-state index contributed by atoms with van der Waals surface area (Å²) in [5, 5.41) is 2.88. The van der Waals surface area contributed by atoms with Crippen LogP contribution in [-0.2, 0) is 11.2 Å². The molecule has 2 rings (SSSR count). The van der Waals surface area contributed by atoms with Crippen molar-refractivity contribution in [3.8, 4) is 0 Å². The first-order valence-corrected chi connectivity index (χ1v) is 8.06. The normalized spacial score (nSPS) is 10.2. The molecule has 0 saturated carbocycles. The summed E-state index contributed by atoms with van der Waals surface area (Å²) < 4.78 is 0. The van der Waals surface area contributed by atoms with Crippen molar-refractivity contribution in [1.82, 2.24) is 20.2 Å². The van der Waals surface area contributed by atoms with E-state index in [1.807, 2.05) is 37.3 Å². The SMILES string of the molecule is CCN(CCC(=O)NCCc1ccccc1)C(=O)c1cnccn1. The van der Waals surface area contributed by atoms with Crippen LogP contribution in [0.5, 0.6) is 0 Å². The fourth-order valence-corrected chi connectivity index (χ4v) is 2.29. The Bertz CT molecular complexity index is 647. The predicted octanol–water partition coefficient (Wildman–Crippen LogP) is 1.69. The summed E-state index contributed by atoms with van der Waals surface area (Å²) in [5.41, 5.74) is 1.48. The number of carbonyl (C=O) groups excluding carboxylic acids is 2. The Morgan fingerprint density at radius 2 is 1.96 bits per heavy atom. The van der Waals surface area contributed by atoms with Crippen LogP contribution in [0.1, 0.15) is 29.4 Å². The van der Waals surface area contributed by atoms with Crippen LogP contribution < -0.4 is 5.32 Å². The van der Waals surface area contributed by atoms with E-state index in [0.717, 1.165) is 6.42 Å². The lowest BCUT2D eigenvalue weighted by molar-refractivity contribution is -0.121. The summed E-state index contributed by atoms with van der Waals surface area (Å²) in [4.78, 5) is 33.7. The van der Waals surface area contributed by atoms with E-state index in [2.05, 4.69) is 15.3 Å². The molecule has 0 atom stereocenters. The van der Waals surface area contributed by atoms with Crippen molar-refractivity contribution in [3.05, 3.63) is 60.2 Å². The molecule has 126 valence electrons. The maximum Gasteiger partial charge on any atom is 0.274 e. The minimum Gasteiger partial charge on any atom is -0.356 e. The molecule has 0 aliphatic rings. The van der Waals surface area contributed by atoms with Crippen molar-refractivity contribution in [1.29, 1.82) is 0 Å². The molecule has 2 amide bonds. The molecule has 1 N–H and O–H groups in total. The fraction of sp³-hybridized carbons (Fsp3) is 0.333. The van der Waals surface area contributed by atoms with E-state index < -0.39 is 0 Å². The van der Waals surface area contributed by atoms with Gasteiger partial charge in [-0.1, -0.05) is 30.3 Å². The highest BCUT2D eigenvalue weighted by Gasteiger charge is 2.16. The first-order chi connectivity index (χ1) is 11.7. The molecule has 0 unspecified atom stereocenters. The molecule has 1 aromatic heterocycles. The zero-order valence-electron chi connectivity index (χ0n) is 13.8. The fourth-order valence-electron chi connectivity index (χ4n) is 2.29. The summed E-state index contributed by atoms with van der Waals surface area (Å²) in [6, 6.07) is 9.99. The summed E-state index contributed by atoms with van der Waals surface area (Å²) >= 11 is 0. The number of nitrogens with zero attached hydrogens (tertiary/aromatic N) is 3. The number of carbonyl (C=O) groups is 2. The van der Waals surface area contributed by atoms with Gasteiger partial charge in [-0.25, -0.2) is 4.98 Å². The molecule has 0 spiro atoms. The third kappa shape index (κ3) is 5.46. The first kappa shape index (κ1) is 17.6. The zero-order valence-corrected chi connectivity index (χ0v) is 13.8. The minimum absolute atomic E-state index is 0.0590. The lowest BCUT2D eigenvalue weighted by Gasteiger charge is -2.19. The monoisotopic (exact) mass is 326 g/mol. The molecule has 0 fully saturated rings. The van der Waals surface area contributed by atoms with E-state index in [1.54, 1.807) is 4.90 Å². The van der Waals surface area contributed by atoms with Crippen LogP contribution in [0.2, 0.25) is 0 Å².